The number of nitrogens with zero attached hydrogens (tertiary/aromatic N) is 1. The van der Waals surface area contributed by atoms with E-state index < -0.39 is 11.6 Å². The van der Waals surface area contributed by atoms with E-state index in [-0.39, 0.29) is 0 Å². The monoisotopic (exact) mass is 431 g/mol. The molecular weight excluding hydrogens is 412 g/mol. The summed E-state index contributed by atoms with van der Waals surface area (Å²) in [4.78, 5) is 0. The third kappa shape index (κ3) is 3.30. The lowest BCUT2D eigenvalue weighted by Gasteiger charge is -2.10. The molecule has 0 saturated carbocycles. The highest BCUT2D eigenvalue weighted by atomic mass is 19.1. The van der Waals surface area contributed by atoms with E-state index in [0.29, 0.717) is 5.69 Å². The van der Waals surface area contributed by atoms with E-state index in [1.54, 1.807) is 0 Å². The highest BCUT2D eigenvalue weighted by Crippen LogP contribution is 2.37. The van der Waals surface area contributed by atoms with E-state index in [0.717, 1.165) is 50.1 Å². The van der Waals surface area contributed by atoms with Gasteiger partial charge in [0.15, 0.2) is 0 Å². The number of benzene rings is 5. The van der Waals surface area contributed by atoms with Crippen molar-refractivity contribution in [3.8, 4) is 27.9 Å². The van der Waals surface area contributed by atoms with Gasteiger partial charge in [0.05, 0.1) is 16.7 Å². The molecule has 3 heteroatoms. The largest absolute Gasteiger partial charge is 0.306 e. The van der Waals surface area contributed by atoms with Crippen LogP contribution in [0.15, 0.2) is 115 Å². The molecule has 0 atom stereocenters. The van der Waals surface area contributed by atoms with Gasteiger partial charge in [0, 0.05) is 16.8 Å². The molecule has 6 aromatic rings. The van der Waals surface area contributed by atoms with Gasteiger partial charge in [0.1, 0.15) is 11.6 Å². The summed E-state index contributed by atoms with van der Waals surface area (Å²) in [6, 6.07) is 36.5. The third-order valence-electron chi connectivity index (χ3n) is 6.13. The summed E-state index contributed by atoms with van der Waals surface area (Å²) in [6.07, 6.45) is 0. The first-order valence-electron chi connectivity index (χ1n) is 10.8. The maximum atomic E-state index is 14.9. The molecule has 0 bridgehead atoms. The molecule has 5 aromatic carbocycles. The lowest BCUT2D eigenvalue weighted by atomic mass is 10.0. The third-order valence-corrected chi connectivity index (χ3v) is 6.13. The topological polar surface area (TPSA) is 4.93 Å². The van der Waals surface area contributed by atoms with E-state index in [9.17, 15) is 8.78 Å². The van der Waals surface area contributed by atoms with Crippen molar-refractivity contribution in [2.45, 2.75) is 0 Å². The van der Waals surface area contributed by atoms with Gasteiger partial charge >= 0.3 is 0 Å². The van der Waals surface area contributed by atoms with Crippen LogP contribution in [-0.4, -0.2) is 4.57 Å². The Morgan fingerprint density at radius 3 is 1.45 bits per heavy atom. The lowest BCUT2D eigenvalue weighted by Crippen LogP contribution is -1.98. The Hall–Kier alpha value is -4.24. The molecule has 0 spiro atoms. The van der Waals surface area contributed by atoms with Gasteiger partial charge < -0.3 is 4.57 Å². The zero-order valence-corrected chi connectivity index (χ0v) is 17.7. The summed E-state index contributed by atoms with van der Waals surface area (Å²) in [5, 5.41) is 2.04. The Morgan fingerprint density at radius 2 is 0.970 bits per heavy atom. The van der Waals surface area contributed by atoms with E-state index in [2.05, 4.69) is 36.4 Å². The predicted octanol–water partition coefficient (Wildman–Crippen LogP) is 8.40. The molecule has 6 rings (SSSR count). The Labute approximate surface area is 190 Å². The van der Waals surface area contributed by atoms with Gasteiger partial charge in [-0.15, -0.1) is 0 Å². The number of hydrogen-bond donors (Lipinski definition) is 0. The van der Waals surface area contributed by atoms with Crippen molar-refractivity contribution in [1.82, 2.24) is 4.57 Å². The molecule has 0 radical (unpaired) electrons. The van der Waals surface area contributed by atoms with Crippen LogP contribution in [0.5, 0.6) is 0 Å². The average molecular weight is 431 g/mol. The molecule has 1 heterocycles. The van der Waals surface area contributed by atoms with Crippen molar-refractivity contribution in [3.05, 3.63) is 127 Å². The first-order valence-corrected chi connectivity index (χ1v) is 10.8. The lowest BCUT2D eigenvalue weighted by molar-refractivity contribution is 0.579. The first-order chi connectivity index (χ1) is 16.2. The summed E-state index contributed by atoms with van der Waals surface area (Å²) in [5.74, 6) is -1.18. The van der Waals surface area contributed by atoms with Crippen LogP contribution in [0, 0.1) is 11.6 Å². The molecular formula is C30H19F2N. The Balaban J connectivity index is 1.68. The fourth-order valence-corrected chi connectivity index (χ4v) is 4.57. The second kappa shape index (κ2) is 7.72. The molecule has 0 N–H and O–H groups in total. The van der Waals surface area contributed by atoms with Gasteiger partial charge in [-0.3, -0.25) is 0 Å². The summed E-state index contributed by atoms with van der Waals surface area (Å²) in [7, 11) is 0. The van der Waals surface area contributed by atoms with Crippen molar-refractivity contribution in [2.75, 3.05) is 0 Å². The highest BCUT2D eigenvalue weighted by molar-refractivity contribution is 6.11. The van der Waals surface area contributed by atoms with Crippen molar-refractivity contribution < 1.29 is 8.78 Å². The van der Waals surface area contributed by atoms with Crippen LogP contribution < -0.4 is 0 Å². The zero-order chi connectivity index (χ0) is 22.4. The summed E-state index contributed by atoms with van der Waals surface area (Å²) in [5.41, 5.74) is 6.50. The second-order valence-corrected chi connectivity index (χ2v) is 8.13. The Bertz CT molecular complexity index is 1520. The van der Waals surface area contributed by atoms with Crippen LogP contribution >= 0.6 is 0 Å². The van der Waals surface area contributed by atoms with Gasteiger partial charge in [0.25, 0.3) is 0 Å². The van der Waals surface area contributed by atoms with Crippen LogP contribution in [0.25, 0.3) is 49.7 Å². The number of rotatable bonds is 3. The first kappa shape index (κ1) is 19.4. The molecule has 0 aliphatic heterocycles. The maximum Gasteiger partial charge on any atom is 0.150 e. The molecule has 0 fully saturated rings. The predicted molar refractivity (Wildman–Crippen MR) is 132 cm³/mol. The van der Waals surface area contributed by atoms with Crippen LogP contribution in [-0.2, 0) is 0 Å². The molecule has 1 aromatic heterocycles. The van der Waals surface area contributed by atoms with Crippen molar-refractivity contribution >= 4 is 21.8 Å². The van der Waals surface area contributed by atoms with E-state index >= 15 is 0 Å². The maximum absolute atomic E-state index is 14.9. The fourth-order valence-electron chi connectivity index (χ4n) is 4.57. The number of halogens is 2. The zero-order valence-electron chi connectivity index (χ0n) is 17.7. The summed E-state index contributed by atoms with van der Waals surface area (Å²) in [6.45, 7) is 0. The van der Waals surface area contributed by atoms with Crippen molar-refractivity contribution in [2.24, 2.45) is 0 Å². The summed E-state index contributed by atoms with van der Waals surface area (Å²) >= 11 is 0. The van der Waals surface area contributed by atoms with E-state index in [1.165, 1.54) is 12.1 Å². The molecule has 1 nitrogen and oxygen atoms in total. The minimum atomic E-state index is -0.590. The minimum Gasteiger partial charge on any atom is -0.306 e. The normalized spacial score (nSPS) is 11.3. The summed E-state index contributed by atoms with van der Waals surface area (Å²) < 4.78 is 30.4. The second-order valence-electron chi connectivity index (χ2n) is 8.13. The quantitative estimate of drug-likeness (QED) is 0.265. The van der Waals surface area contributed by atoms with Gasteiger partial charge in [0.2, 0.25) is 0 Å². The SMILES string of the molecule is Fc1ccc(-n2c3ccc(-c4ccccc4)cc3c3cc(-c4ccccc4)ccc32)c(F)c1. The highest BCUT2D eigenvalue weighted by Gasteiger charge is 2.17. The van der Waals surface area contributed by atoms with Crippen LogP contribution in [0.4, 0.5) is 8.78 Å². The molecule has 0 saturated heterocycles. The molecule has 0 amide bonds. The van der Waals surface area contributed by atoms with E-state index in [1.807, 2.05) is 65.2 Å². The van der Waals surface area contributed by atoms with Gasteiger partial charge in [-0.05, 0) is 58.7 Å². The van der Waals surface area contributed by atoms with Gasteiger partial charge in [-0.25, -0.2) is 8.78 Å². The molecule has 0 aliphatic rings. The van der Waals surface area contributed by atoms with E-state index in [4.69, 9.17) is 0 Å². The fraction of sp³-hybridized carbons (Fsp3) is 0. The van der Waals surface area contributed by atoms with Crippen molar-refractivity contribution in [1.29, 1.82) is 0 Å². The Kier molecular flexibility index (Phi) is 4.55. The standard InChI is InChI=1S/C30H19F2N/c31-24-13-16-30(27(32)19-24)33-28-14-11-22(20-7-3-1-4-8-20)17-25(28)26-18-23(12-15-29(26)33)21-9-5-2-6-10-21/h1-19H. The smallest absolute Gasteiger partial charge is 0.150 e. The number of hydrogen-bond acceptors (Lipinski definition) is 0. The van der Waals surface area contributed by atoms with Crippen LogP contribution in [0.1, 0.15) is 0 Å². The average Bonchev–Trinajstić information content (AvgIpc) is 3.18. The molecule has 0 unspecified atom stereocenters. The van der Waals surface area contributed by atoms with Crippen molar-refractivity contribution in [3.63, 3.8) is 0 Å². The molecule has 0 aliphatic carbocycles. The minimum absolute atomic E-state index is 0.330. The number of aromatic nitrogens is 1. The van der Waals surface area contributed by atoms with Crippen LogP contribution in [0.3, 0.4) is 0 Å². The molecule has 33 heavy (non-hydrogen) atoms. The van der Waals surface area contributed by atoms with Gasteiger partial charge in [-0.2, -0.15) is 0 Å². The molecule has 158 valence electrons. The number of fused-ring (bicyclic) bond motifs is 3. The Morgan fingerprint density at radius 1 is 0.455 bits per heavy atom. The van der Waals surface area contributed by atoms with Crippen LogP contribution in [0.2, 0.25) is 0 Å². The van der Waals surface area contributed by atoms with Gasteiger partial charge in [-0.1, -0.05) is 72.8 Å².